The third-order valence-electron chi connectivity index (χ3n) is 3.16. The second-order valence-electron chi connectivity index (χ2n) is 4.69. The summed E-state index contributed by atoms with van der Waals surface area (Å²) in [5, 5.41) is 3.00. The van der Waals surface area contributed by atoms with Crippen molar-refractivity contribution in [2.45, 2.75) is 38.1 Å². The van der Waals surface area contributed by atoms with Crippen LogP contribution in [0.3, 0.4) is 0 Å². The molecule has 96 valence electrons. The van der Waals surface area contributed by atoms with Gasteiger partial charge in [-0.15, -0.1) is 0 Å². The van der Waals surface area contributed by atoms with Gasteiger partial charge in [0.1, 0.15) is 5.78 Å². The van der Waals surface area contributed by atoms with Gasteiger partial charge in [0.25, 0.3) is 0 Å². The molecular formula is C14H16BrNO2. The minimum Gasteiger partial charge on any atom is -0.353 e. The minimum atomic E-state index is 0.0347. The molecule has 0 unspecified atom stereocenters. The number of carbonyl (C=O) groups is 2. The number of halogens is 1. The van der Waals surface area contributed by atoms with Crippen LogP contribution in [0.1, 0.15) is 31.2 Å². The van der Waals surface area contributed by atoms with Crippen LogP contribution in [0.2, 0.25) is 0 Å². The summed E-state index contributed by atoms with van der Waals surface area (Å²) in [5.41, 5.74) is 0.994. The van der Waals surface area contributed by atoms with Gasteiger partial charge < -0.3 is 5.32 Å². The summed E-state index contributed by atoms with van der Waals surface area (Å²) < 4.78 is 0.982. The van der Waals surface area contributed by atoms with E-state index in [2.05, 4.69) is 21.2 Å². The predicted octanol–water partition coefficient (Wildman–Crippen LogP) is 2.62. The fourth-order valence-corrected chi connectivity index (χ4v) is 2.64. The highest BCUT2D eigenvalue weighted by Gasteiger charge is 2.20. The summed E-state index contributed by atoms with van der Waals surface area (Å²) in [6.45, 7) is 0. The molecule has 1 aromatic carbocycles. The maximum atomic E-state index is 11.9. The first-order chi connectivity index (χ1) is 8.63. The number of benzene rings is 1. The van der Waals surface area contributed by atoms with Crippen molar-refractivity contribution in [2.75, 3.05) is 0 Å². The molecule has 0 saturated heterocycles. The Labute approximate surface area is 115 Å². The van der Waals surface area contributed by atoms with Crippen molar-refractivity contribution in [1.29, 1.82) is 0 Å². The maximum absolute atomic E-state index is 11.9. The number of ketones is 1. The van der Waals surface area contributed by atoms with Crippen LogP contribution in [-0.4, -0.2) is 17.7 Å². The number of amides is 1. The molecule has 1 fully saturated rings. The van der Waals surface area contributed by atoms with Crippen molar-refractivity contribution < 1.29 is 9.59 Å². The zero-order valence-corrected chi connectivity index (χ0v) is 11.7. The van der Waals surface area contributed by atoms with Crippen LogP contribution >= 0.6 is 15.9 Å². The molecule has 1 aromatic rings. The lowest BCUT2D eigenvalue weighted by atomic mass is 9.94. The first-order valence-corrected chi connectivity index (χ1v) is 6.98. The average molecular weight is 310 g/mol. The largest absolute Gasteiger partial charge is 0.353 e. The fraction of sp³-hybridized carbons (Fsp3) is 0.429. The number of nitrogens with one attached hydrogen (secondary N) is 1. The predicted molar refractivity (Wildman–Crippen MR) is 73.3 cm³/mol. The van der Waals surface area contributed by atoms with Gasteiger partial charge in [-0.3, -0.25) is 9.59 Å². The minimum absolute atomic E-state index is 0.0347. The highest BCUT2D eigenvalue weighted by Crippen LogP contribution is 2.15. The molecule has 0 atom stereocenters. The summed E-state index contributed by atoms with van der Waals surface area (Å²) in [4.78, 5) is 23.0. The van der Waals surface area contributed by atoms with Crippen LogP contribution < -0.4 is 5.32 Å². The van der Waals surface area contributed by atoms with Crippen molar-refractivity contribution in [3.05, 3.63) is 34.3 Å². The molecule has 18 heavy (non-hydrogen) atoms. The molecule has 4 heteroatoms. The molecule has 0 aliphatic heterocycles. The first-order valence-electron chi connectivity index (χ1n) is 6.19. The van der Waals surface area contributed by atoms with Crippen LogP contribution in [0.5, 0.6) is 0 Å². The number of rotatable bonds is 3. The maximum Gasteiger partial charge on any atom is 0.224 e. The lowest BCUT2D eigenvalue weighted by molar-refractivity contribution is -0.124. The molecule has 1 saturated carbocycles. The molecule has 0 heterocycles. The molecule has 0 radical (unpaired) electrons. The number of hydrogen-bond acceptors (Lipinski definition) is 2. The van der Waals surface area contributed by atoms with Crippen molar-refractivity contribution in [3.8, 4) is 0 Å². The van der Waals surface area contributed by atoms with Gasteiger partial charge in [0.05, 0.1) is 6.42 Å². The standard InChI is InChI=1S/C14H16BrNO2/c15-11-3-1-2-10(8-11)9-14(18)16-12-4-6-13(17)7-5-12/h1-3,8,12H,4-7,9H2,(H,16,18). The van der Waals surface area contributed by atoms with E-state index in [4.69, 9.17) is 0 Å². The lowest BCUT2D eigenvalue weighted by Gasteiger charge is -2.22. The van der Waals surface area contributed by atoms with Crippen molar-refractivity contribution in [3.63, 3.8) is 0 Å². The van der Waals surface area contributed by atoms with Gasteiger partial charge in [0.2, 0.25) is 5.91 Å². The van der Waals surface area contributed by atoms with Crippen molar-refractivity contribution in [2.24, 2.45) is 0 Å². The number of hydrogen-bond donors (Lipinski definition) is 1. The Morgan fingerprint density at radius 3 is 2.72 bits per heavy atom. The Balaban J connectivity index is 1.83. The van der Waals surface area contributed by atoms with Crippen LogP contribution in [0.25, 0.3) is 0 Å². The Morgan fingerprint density at radius 2 is 2.06 bits per heavy atom. The van der Waals surface area contributed by atoms with Gasteiger partial charge in [-0.05, 0) is 30.5 Å². The third kappa shape index (κ3) is 3.95. The van der Waals surface area contributed by atoms with Crippen LogP contribution in [0.15, 0.2) is 28.7 Å². The zero-order valence-electron chi connectivity index (χ0n) is 10.1. The highest BCUT2D eigenvalue weighted by atomic mass is 79.9. The monoisotopic (exact) mass is 309 g/mol. The van der Waals surface area contributed by atoms with E-state index < -0.39 is 0 Å². The average Bonchev–Trinajstić information content (AvgIpc) is 2.32. The molecule has 1 aliphatic carbocycles. The second kappa shape index (κ2) is 6.14. The summed E-state index contributed by atoms with van der Waals surface area (Å²) in [5.74, 6) is 0.347. The van der Waals surface area contributed by atoms with Crippen LogP contribution in [0, 0.1) is 0 Å². The molecular weight excluding hydrogens is 294 g/mol. The van der Waals surface area contributed by atoms with E-state index in [0.29, 0.717) is 25.0 Å². The van der Waals surface area contributed by atoms with Gasteiger partial charge in [-0.1, -0.05) is 28.1 Å². The van der Waals surface area contributed by atoms with Crippen molar-refractivity contribution >= 4 is 27.6 Å². The Bertz CT molecular complexity index is 449. The SMILES string of the molecule is O=C1CCC(NC(=O)Cc2cccc(Br)c2)CC1. The second-order valence-corrected chi connectivity index (χ2v) is 5.60. The van der Waals surface area contributed by atoms with Gasteiger partial charge >= 0.3 is 0 Å². The smallest absolute Gasteiger partial charge is 0.224 e. The summed E-state index contributed by atoms with van der Waals surface area (Å²) in [7, 11) is 0. The molecule has 3 nitrogen and oxygen atoms in total. The van der Waals surface area contributed by atoms with Gasteiger partial charge in [0.15, 0.2) is 0 Å². The Hall–Kier alpha value is -1.16. The summed E-state index contributed by atoms with van der Waals surface area (Å²) in [6, 6.07) is 7.92. The zero-order chi connectivity index (χ0) is 13.0. The highest BCUT2D eigenvalue weighted by molar-refractivity contribution is 9.10. The summed E-state index contributed by atoms with van der Waals surface area (Å²) in [6.07, 6.45) is 3.15. The first kappa shape index (κ1) is 13.3. The van der Waals surface area contributed by atoms with E-state index in [-0.39, 0.29) is 11.9 Å². The molecule has 1 aliphatic rings. The van der Waals surface area contributed by atoms with E-state index in [1.54, 1.807) is 0 Å². The van der Waals surface area contributed by atoms with Gasteiger partial charge in [-0.2, -0.15) is 0 Å². The van der Waals surface area contributed by atoms with E-state index in [1.807, 2.05) is 24.3 Å². The third-order valence-corrected chi connectivity index (χ3v) is 3.66. The molecule has 0 bridgehead atoms. The van der Waals surface area contributed by atoms with E-state index in [1.165, 1.54) is 0 Å². The van der Waals surface area contributed by atoms with Crippen molar-refractivity contribution in [1.82, 2.24) is 5.32 Å². The van der Waals surface area contributed by atoms with E-state index >= 15 is 0 Å². The lowest BCUT2D eigenvalue weighted by Crippen LogP contribution is -2.38. The Kier molecular flexibility index (Phi) is 4.53. The Morgan fingerprint density at radius 1 is 1.33 bits per heavy atom. The topological polar surface area (TPSA) is 46.2 Å². The molecule has 0 spiro atoms. The number of carbonyl (C=O) groups excluding carboxylic acids is 2. The quantitative estimate of drug-likeness (QED) is 0.933. The molecule has 0 aromatic heterocycles. The van der Waals surface area contributed by atoms with Crippen LogP contribution in [-0.2, 0) is 16.0 Å². The molecule has 1 amide bonds. The van der Waals surface area contributed by atoms with E-state index in [0.717, 1.165) is 22.9 Å². The van der Waals surface area contributed by atoms with Gasteiger partial charge in [0, 0.05) is 23.4 Å². The number of Topliss-reactive ketones (excluding diaryl/α,β-unsaturated/α-hetero) is 1. The van der Waals surface area contributed by atoms with E-state index in [9.17, 15) is 9.59 Å². The summed E-state index contributed by atoms with van der Waals surface area (Å²) >= 11 is 3.39. The van der Waals surface area contributed by atoms with Gasteiger partial charge in [-0.25, -0.2) is 0 Å². The van der Waals surface area contributed by atoms with Crippen LogP contribution in [0.4, 0.5) is 0 Å². The normalized spacial score (nSPS) is 16.6. The fourth-order valence-electron chi connectivity index (χ4n) is 2.20. The molecule has 2 rings (SSSR count). The molecule has 1 N–H and O–H groups in total.